The van der Waals surface area contributed by atoms with Gasteiger partial charge < -0.3 is 4.57 Å². The van der Waals surface area contributed by atoms with E-state index in [0.29, 0.717) is 15.9 Å². The fraction of sp³-hybridized carbons (Fsp3) is 0.267. The number of nitrogens with zero attached hydrogens (tertiary/aromatic N) is 4. The average Bonchev–Trinajstić information content (AvgIpc) is 2.79. The maximum atomic E-state index is 12.7. The normalized spacial score (nSPS) is 11.3. The Balaban J connectivity index is 2.26. The van der Waals surface area contributed by atoms with E-state index in [9.17, 15) is 9.59 Å². The first-order valence-electron chi connectivity index (χ1n) is 6.77. The first-order valence-corrected chi connectivity index (χ1v) is 7.56. The Morgan fingerprint density at radius 2 is 1.73 bits per heavy atom. The third-order valence-corrected chi connectivity index (χ3v) is 4.48. The van der Waals surface area contributed by atoms with Gasteiger partial charge in [-0.05, 0) is 28.4 Å². The molecule has 0 saturated heterocycles. The van der Waals surface area contributed by atoms with Gasteiger partial charge in [0.1, 0.15) is 0 Å². The van der Waals surface area contributed by atoms with Gasteiger partial charge in [-0.25, -0.2) is 9.78 Å². The maximum absolute atomic E-state index is 12.7. The number of hydrogen-bond donors (Lipinski definition) is 0. The summed E-state index contributed by atoms with van der Waals surface area (Å²) in [4.78, 5) is 29.4. The number of hydrogen-bond acceptors (Lipinski definition) is 3. The average molecular weight is 363 g/mol. The molecule has 7 heteroatoms. The summed E-state index contributed by atoms with van der Waals surface area (Å²) in [5.41, 5.74) is 2.12. The highest BCUT2D eigenvalue weighted by atomic mass is 79.9. The second kappa shape index (κ2) is 5.24. The highest BCUT2D eigenvalue weighted by Crippen LogP contribution is 2.14. The van der Waals surface area contributed by atoms with Crippen molar-refractivity contribution in [2.75, 3.05) is 0 Å². The van der Waals surface area contributed by atoms with Gasteiger partial charge >= 0.3 is 5.69 Å². The Bertz CT molecular complexity index is 980. The largest absolute Gasteiger partial charge is 0.332 e. The van der Waals surface area contributed by atoms with Gasteiger partial charge in [-0.3, -0.25) is 13.9 Å². The quantitative estimate of drug-likeness (QED) is 0.649. The van der Waals surface area contributed by atoms with Crippen molar-refractivity contribution in [3.05, 3.63) is 61.0 Å². The summed E-state index contributed by atoms with van der Waals surface area (Å²) in [6.07, 6.45) is 0. The van der Waals surface area contributed by atoms with Gasteiger partial charge in [-0.2, -0.15) is 0 Å². The molecule has 2 aromatic heterocycles. The van der Waals surface area contributed by atoms with Crippen molar-refractivity contribution < 1.29 is 0 Å². The Hall–Kier alpha value is -2.15. The SMILES string of the molecule is Cc1ccc(Cn2c(=O)c3c(nc(Br)n3C)n(C)c2=O)cc1. The van der Waals surface area contributed by atoms with Crippen LogP contribution in [0.4, 0.5) is 0 Å². The summed E-state index contributed by atoms with van der Waals surface area (Å²) in [6, 6.07) is 7.77. The zero-order valence-corrected chi connectivity index (χ0v) is 14.1. The van der Waals surface area contributed by atoms with Crippen molar-refractivity contribution >= 4 is 27.1 Å². The lowest BCUT2D eigenvalue weighted by atomic mass is 10.1. The van der Waals surface area contributed by atoms with Crippen molar-refractivity contribution in [3.8, 4) is 0 Å². The number of imidazole rings is 1. The fourth-order valence-electron chi connectivity index (χ4n) is 2.43. The van der Waals surface area contributed by atoms with E-state index in [-0.39, 0.29) is 17.8 Å². The molecule has 6 nitrogen and oxygen atoms in total. The van der Waals surface area contributed by atoms with Gasteiger partial charge in [0.2, 0.25) is 0 Å². The molecule has 0 atom stereocenters. The molecule has 3 aromatic rings. The predicted octanol–water partition coefficient (Wildman–Crippen LogP) is 1.55. The molecule has 0 bridgehead atoms. The third-order valence-electron chi connectivity index (χ3n) is 3.77. The lowest BCUT2D eigenvalue weighted by molar-refractivity contribution is 0.655. The molecule has 22 heavy (non-hydrogen) atoms. The number of aryl methyl sites for hydroxylation is 3. The van der Waals surface area contributed by atoms with Gasteiger partial charge in [0.05, 0.1) is 6.54 Å². The van der Waals surface area contributed by atoms with E-state index in [1.807, 2.05) is 31.2 Å². The fourth-order valence-corrected chi connectivity index (χ4v) is 2.78. The van der Waals surface area contributed by atoms with Crippen LogP contribution < -0.4 is 11.2 Å². The van der Waals surface area contributed by atoms with E-state index in [2.05, 4.69) is 20.9 Å². The third kappa shape index (κ3) is 2.21. The van der Waals surface area contributed by atoms with Crippen molar-refractivity contribution in [3.63, 3.8) is 0 Å². The van der Waals surface area contributed by atoms with Crippen LogP contribution in [-0.4, -0.2) is 18.7 Å². The molecule has 0 radical (unpaired) electrons. The van der Waals surface area contributed by atoms with Gasteiger partial charge in [-0.15, -0.1) is 0 Å². The standard InChI is InChI=1S/C15H15BrN4O2/c1-9-4-6-10(7-5-9)8-20-13(21)11-12(19(3)15(20)22)17-14(16)18(11)2/h4-7H,8H2,1-3H3. The lowest BCUT2D eigenvalue weighted by Gasteiger charge is -2.09. The lowest BCUT2D eigenvalue weighted by Crippen LogP contribution is -2.39. The van der Waals surface area contributed by atoms with Gasteiger partial charge in [-0.1, -0.05) is 29.8 Å². The minimum absolute atomic E-state index is 0.241. The van der Waals surface area contributed by atoms with E-state index < -0.39 is 0 Å². The monoisotopic (exact) mass is 362 g/mol. The van der Waals surface area contributed by atoms with Crippen LogP contribution in [0.25, 0.3) is 11.2 Å². The molecule has 0 fully saturated rings. The van der Waals surface area contributed by atoms with Gasteiger partial charge in [0.15, 0.2) is 15.9 Å². The summed E-state index contributed by atoms with van der Waals surface area (Å²) < 4.78 is 4.79. The molecule has 0 N–H and O–H groups in total. The smallest absolute Gasteiger partial charge is 0.316 e. The molecule has 2 heterocycles. The van der Waals surface area contributed by atoms with Crippen molar-refractivity contribution in [1.82, 2.24) is 18.7 Å². The van der Waals surface area contributed by atoms with E-state index in [0.717, 1.165) is 11.1 Å². The Morgan fingerprint density at radius 3 is 2.36 bits per heavy atom. The molecule has 0 aliphatic rings. The van der Waals surface area contributed by atoms with E-state index in [1.54, 1.807) is 18.7 Å². The van der Waals surface area contributed by atoms with E-state index in [1.165, 1.54) is 9.13 Å². The van der Waals surface area contributed by atoms with Crippen LogP contribution in [0.3, 0.4) is 0 Å². The summed E-state index contributed by atoms with van der Waals surface area (Å²) in [5, 5.41) is 0. The first-order chi connectivity index (χ1) is 10.4. The van der Waals surface area contributed by atoms with Crippen LogP contribution in [-0.2, 0) is 20.6 Å². The summed E-state index contributed by atoms with van der Waals surface area (Å²) in [6.45, 7) is 2.23. The van der Waals surface area contributed by atoms with Crippen LogP contribution in [0.5, 0.6) is 0 Å². The van der Waals surface area contributed by atoms with Crippen LogP contribution in [0.15, 0.2) is 38.6 Å². The molecule has 114 valence electrons. The molecule has 0 spiro atoms. The molecule has 0 saturated carbocycles. The molecule has 0 aliphatic carbocycles. The maximum Gasteiger partial charge on any atom is 0.332 e. The van der Waals surface area contributed by atoms with Gasteiger partial charge in [0, 0.05) is 14.1 Å². The number of rotatable bonds is 2. The Labute approximate surface area is 134 Å². The zero-order chi connectivity index (χ0) is 16.0. The van der Waals surface area contributed by atoms with E-state index in [4.69, 9.17) is 0 Å². The van der Waals surface area contributed by atoms with Crippen LogP contribution in [0.1, 0.15) is 11.1 Å². The molecule has 0 amide bonds. The minimum atomic E-state index is -0.372. The van der Waals surface area contributed by atoms with Crippen molar-refractivity contribution in [1.29, 1.82) is 0 Å². The number of benzene rings is 1. The highest BCUT2D eigenvalue weighted by molar-refractivity contribution is 9.10. The summed E-state index contributed by atoms with van der Waals surface area (Å²) in [5.74, 6) is 0. The molecule has 0 aliphatic heterocycles. The van der Waals surface area contributed by atoms with E-state index >= 15 is 0 Å². The topological polar surface area (TPSA) is 61.8 Å². The number of aromatic nitrogens is 4. The summed E-state index contributed by atoms with van der Waals surface area (Å²) in [7, 11) is 3.36. The zero-order valence-electron chi connectivity index (χ0n) is 12.5. The highest BCUT2D eigenvalue weighted by Gasteiger charge is 2.17. The Kier molecular flexibility index (Phi) is 3.52. The molecule has 3 rings (SSSR count). The first kappa shape index (κ1) is 14.8. The molecular formula is C15H15BrN4O2. The minimum Gasteiger partial charge on any atom is -0.316 e. The molecular weight excluding hydrogens is 348 g/mol. The summed E-state index contributed by atoms with van der Waals surface area (Å²) >= 11 is 3.29. The molecule has 1 aromatic carbocycles. The predicted molar refractivity (Wildman–Crippen MR) is 88.2 cm³/mol. The van der Waals surface area contributed by atoms with Crippen LogP contribution in [0.2, 0.25) is 0 Å². The Morgan fingerprint density at radius 1 is 1.09 bits per heavy atom. The van der Waals surface area contributed by atoms with Crippen molar-refractivity contribution in [2.45, 2.75) is 13.5 Å². The number of fused-ring (bicyclic) bond motifs is 1. The van der Waals surface area contributed by atoms with Crippen LogP contribution in [0, 0.1) is 6.92 Å². The van der Waals surface area contributed by atoms with Crippen LogP contribution >= 0.6 is 15.9 Å². The second-order valence-corrected chi connectivity index (χ2v) is 6.04. The number of halogens is 1. The van der Waals surface area contributed by atoms with Gasteiger partial charge in [0.25, 0.3) is 5.56 Å². The second-order valence-electron chi connectivity index (χ2n) is 5.33. The molecule has 0 unspecified atom stereocenters. The van der Waals surface area contributed by atoms with Crippen molar-refractivity contribution in [2.24, 2.45) is 14.1 Å².